The smallest absolute Gasteiger partial charge is 0.343 e. The van der Waals surface area contributed by atoms with Crippen LogP contribution >= 0.6 is 0 Å². The molecular formula is C12H19N3O4. The number of hydrogen-bond donors (Lipinski definition) is 2. The summed E-state index contributed by atoms with van der Waals surface area (Å²) in [6.45, 7) is 2.13. The Labute approximate surface area is 112 Å². The molecule has 19 heavy (non-hydrogen) atoms. The lowest BCUT2D eigenvalue weighted by Crippen LogP contribution is -2.28. The second-order valence-electron chi connectivity index (χ2n) is 3.98. The largest absolute Gasteiger partial charge is 0.465 e. The zero-order valence-electron chi connectivity index (χ0n) is 11.3. The molecule has 1 aromatic heterocycles. The lowest BCUT2D eigenvalue weighted by atomic mass is 10.2. The molecule has 0 aromatic carbocycles. The predicted octanol–water partition coefficient (Wildman–Crippen LogP) is 0.381. The number of esters is 1. The van der Waals surface area contributed by atoms with Gasteiger partial charge in [-0.3, -0.25) is 0 Å². The molecule has 1 rings (SSSR count). The van der Waals surface area contributed by atoms with Gasteiger partial charge < -0.3 is 19.9 Å². The Balaban J connectivity index is 2.96. The Kier molecular flexibility index (Phi) is 6.17. The molecule has 1 aromatic rings. The van der Waals surface area contributed by atoms with Crippen LogP contribution in [0.3, 0.4) is 0 Å². The normalized spacial score (nSPS) is 12.0. The number of aliphatic hydroxyl groups is 1. The van der Waals surface area contributed by atoms with Crippen LogP contribution in [0.5, 0.6) is 0 Å². The number of anilines is 1. The van der Waals surface area contributed by atoms with Crippen molar-refractivity contribution in [1.82, 2.24) is 9.97 Å². The number of nitrogens with one attached hydrogen (secondary N) is 1. The molecule has 1 atom stereocenters. The van der Waals surface area contributed by atoms with E-state index in [0.29, 0.717) is 24.7 Å². The van der Waals surface area contributed by atoms with Crippen molar-refractivity contribution in [1.29, 1.82) is 0 Å². The van der Waals surface area contributed by atoms with Gasteiger partial charge in [-0.05, 0) is 13.3 Å². The molecule has 7 heteroatoms. The van der Waals surface area contributed by atoms with Crippen molar-refractivity contribution in [3.63, 3.8) is 0 Å². The molecule has 106 valence electrons. The van der Waals surface area contributed by atoms with Crippen LogP contribution in [0.25, 0.3) is 0 Å². The van der Waals surface area contributed by atoms with Crippen molar-refractivity contribution in [2.45, 2.75) is 19.4 Å². The van der Waals surface area contributed by atoms with E-state index >= 15 is 0 Å². The number of aromatic nitrogens is 2. The van der Waals surface area contributed by atoms with Gasteiger partial charge in [0.15, 0.2) is 0 Å². The van der Waals surface area contributed by atoms with Gasteiger partial charge in [-0.2, -0.15) is 0 Å². The molecule has 0 fully saturated rings. The van der Waals surface area contributed by atoms with Crippen molar-refractivity contribution in [3.8, 4) is 0 Å². The zero-order chi connectivity index (χ0) is 14.3. The van der Waals surface area contributed by atoms with Crippen LogP contribution in [0, 0.1) is 6.92 Å². The van der Waals surface area contributed by atoms with E-state index in [4.69, 9.17) is 9.84 Å². The molecule has 0 aliphatic carbocycles. The van der Waals surface area contributed by atoms with Gasteiger partial charge in [-0.1, -0.05) is 0 Å². The van der Waals surface area contributed by atoms with Crippen molar-refractivity contribution < 1.29 is 19.4 Å². The Morgan fingerprint density at radius 2 is 2.26 bits per heavy atom. The van der Waals surface area contributed by atoms with Crippen LogP contribution < -0.4 is 5.32 Å². The fraction of sp³-hybridized carbons (Fsp3) is 0.583. The van der Waals surface area contributed by atoms with Crippen LogP contribution in [-0.4, -0.2) is 54.5 Å². The molecule has 0 radical (unpaired) electrons. The molecule has 0 saturated carbocycles. The molecule has 0 spiro atoms. The van der Waals surface area contributed by atoms with E-state index in [-0.39, 0.29) is 18.2 Å². The monoisotopic (exact) mass is 269 g/mol. The first-order valence-corrected chi connectivity index (χ1v) is 5.90. The van der Waals surface area contributed by atoms with E-state index in [1.54, 1.807) is 14.0 Å². The maximum Gasteiger partial charge on any atom is 0.343 e. The summed E-state index contributed by atoms with van der Waals surface area (Å²) in [5, 5.41) is 12.1. The van der Waals surface area contributed by atoms with Gasteiger partial charge in [0.25, 0.3) is 0 Å². The quantitative estimate of drug-likeness (QED) is 0.691. The Morgan fingerprint density at radius 3 is 2.84 bits per heavy atom. The molecule has 0 amide bonds. The summed E-state index contributed by atoms with van der Waals surface area (Å²) >= 11 is 0. The molecule has 7 nitrogen and oxygen atoms in total. The highest BCUT2D eigenvalue weighted by Crippen LogP contribution is 2.15. The number of methoxy groups -OCH3 is 2. The van der Waals surface area contributed by atoms with Crippen molar-refractivity contribution in [3.05, 3.63) is 17.6 Å². The number of nitrogens with zero attached hydrogens (tertiary/aromatic N) is 2. The fourth-order valence-electron chi connectivity index (χ4n) is 1.59. The summed E-state index contributed by atoms with van der Waals surface area (Å²) in [6.07, 6.45) is 1.90. The van der Waals surface area contributed by atoms with Gasteiger partial charge in [0, 0.05) is 19.9 Å². The summed E-state index contributed by atoms with van der Waals surface area (Å²) in [6, 6.07) is -0.146. The van der Waals surface area contributed by atoms with Crippen molar-refractivity contribution in [2.75, 3.05) is 32.8 Å². The topological polar surface area (TPSA) is 93.6 Å². The lowest BCUT2D eigenvalue weighted by Gasteiger charge is -2.19. The summed E-state index contributed by atoms with van der Waals surface area (Å²) in [4.78, 5) is 19.8. The van der Waals surface area contributed by atoms with Gasteiger partial charge in [-0.15, -0.1) is 0 Å². The summed E-state index contributed by atoms with van der Waals surface area (Å²) in [5.74, 6) is 0.410. The standard InChI is InChI=1S/C12H19N3O4/c1-8-13-6-10(12(17)19-3)11(14-8)15-9(4-5-16)7-18-2/h6,9,16H,4-5,7H2,1-3H3,(H,13,14,15). The molecule has 1 unspecified atom stereocenters. The Morgan fingerprint density at radius 1 is 1.53 bits per heavy atom. The number of aryl methyl sites for hydroxylation is 1. The first kappa shape index (κ1) is 15.3. The van der Waals surface area contributed by atoms with Gasteiger partial charge in [-0.25, -0.2) is 14.8 Å². The second-order valence-corrected chi connectivity index (χ2v) is 3.98. The van der Waals surface area contributed by atoms with E-state index in [1.807, 2.05) is 0 Å². The molecule has 1 heterocycles. The van der Waals surface area contributed by atoms with E-state index in [1.165, 1.54) is 13.3 Å². The van der Waals surface area contributed by atoms with Crippen molar-refractivity contribution in [2.24, 2.45) is 0 Å². The average Bonchev–Trinajstić information content (AvgIpc) is 2.38. The summed E-state index contributed by atoms with van der Waals surface area (Å²) in [5.41, 5.74) is 0.257. The minimum Gasteiger partial charge on any atom is -0.465 e. The maximum absolute atomic E-state index is 11.6. The first-order valence-electron chi connectivity index (χ1n) is 5.90. The Hall–Kier alpha value is -1.73. The van der Waals surface area contributed by atoms with Crippen LogP contribution in [0.15, 0.2) is 6.20 Å². The first-order chi connectivity index (χ1) is 9.12. The molecule has 0 bridgehead atoms. The number of hydrogen-bond acceptors (Lipinski definition) is 7. The zero-order valence-corrected chi connectivity index (χ0v) is 11.3. The third-order valence-electron chi connectivity index (χ3n) is 2.50. The molecule has 2 N–H and O–H groups in total. The summed E-state index contributed by atoms with van der Waals surface area (Å²) in [7, 11) is 2.87. The van der Waals surface area contributed by atoms with Gasteiger partial charge >= 0.3 is 5.97 Å². The van der Waals surface area contributed by atoms with Gasteiger partial charge in [0.05, 0.1) is 19.8 Å². The highest BCUT2D eigenvalue weighted by molar-refractivity contribution is 5.94. The maximum atomic E-state index is 11.6. The van der Waals surface area contributed by atoms with E-state index < -0.39 is 5.97 Å². The number of ether oxygens (including phenoxy) is 2. The van der Waals surface area contributed by atoms with Crippen LogP contribution in [0.4, 0.5) is 5.82 Å². The molecular weight excluding hydrogens is 250 g/mol. The van der Waals surface area contributed by atoms with E-state index in [2.05, 4.69) is 20.0 Å². The van der Waals surface area contributed by atoms with E-state index in [9.17, 15) is 4.79 Å². The number of aliphatic hydroxyl groups excluding tert-OH is 1. The highest BCUT2D eigenvalue weighted by atomic mass is 16.5. The van der Waals surface area contributed by atoms with E-state index in [0.717, 1.165) is 0 Å². The fourth-order valence-corrected chi connectivity index (χ4v) is 1.59. The molecule has 0 aliphatic rings. The number of carbonyl (C=O) groups excluding carboxylic acids is 1. The summed E-state index contributed by atoms with van der Waals surface area (Å²) < 4.78 is 9.73. The van der Waals surface area contributed by atoms with Crippen molar-refractivity contribution >= 4 is 11.8 Å². The Bertz CT molecular complexity index is 419. The second kappa shape index (κ2) is 7.65. The SMILES string of the molecule is COCC(CCO)Nc1nc(C)ncc1C(=O)OC. The minimum atomic E-state index is -0.511. The molecule has 0 saturated heterocycles. The van der Waals surface area contributed by atoms with Crippen LogP contribution in [-0.2, 0) is 9.47 Å². The van der Waals surface area contributed by atoms with Gasteiger partial charge in [0.1, 0.15) is 17.2 Å². The third kappa shape index (κ3) is 4.46. The van der Waals surface area contributed by atoms with Crippen LogP contribution in [0.1, 0.15) is 22.6 Å². The lowest BCUT2D eigenvalue weighted by molar-refractivity contribution is 0.0600. The minimum absolute atomic E-state index is 0.0125. The van der Waals surface area contributed by atoms with Crippen LogP contribution in [0.2, 0.25) is 0 Å². The predicted molar refractivity (Wildman–Crippen MR) is 69.1 cm³/mol. The average molecular weight is 269 g/mol. The van der Waals surface area contributed by atoms with Gasteiger partial charge in [0.2, 0.25) is 0 Å². The third-order valence-corrected chi connectivity index (χ3v) is 2.50. The number of rotatable bonds is 7. The molecule has 0 aliphatic heterocycles. The highest BCUT2D eigenvalue weighted by Gasteiger charge is 2.17. The number of carbonyl (C=O) groups is 1.